The van der Waals surface area contributed by atoms with Gasteiger partial charge in [0.25, 0.3) is 5.56 Å². The van der Waals surface area contributed by atoms with E-state index in [0.717, 1.165) is 5.69 Å². The second kappa shape index (κ2) is 7.81. The highest BCUT2D eigenvalue weighted by molar-refractivity contribution is 7.10. The molecule has 0 bridgehead atoms. The molecule has 0 spiro atoms. The molecular weight excluding hydrogens is 346 g/mol. The summed E-state index contributed by atoms with van der Waals surface area (Å²) < 4.78 is 2.70. The summed E-state index contributed by atoms with van der Waals surface area (Å²) in [7, 11) is 0. The van der Waals surface area contributed by atoms with Crippen LogP contribution in [0, 0.1) is 5.92 Å². The van der Waals surface area contributed by atoms with Crippen molar-refractivity contribution in [1.29, 1.82) is 0 Å². The Kier molecular flexibility index (Phi) is 5.52. The van der Waals surface area contributed by atoms with Crippen LogP contribution in [0.4, 0.5) is 10.7 Å². The number of nitrogens with zero attached hydrogens (tertiary/aromatic N) is 2. The van der Waals surface area contributed by atoms with Gasteiger partial charge in [-0.25, -0.2) is 4.98 Å². The molecule has 0 unspecified atom stereocenters. The van der Waals surface area contributed by atoms with Crippen LogP contribution in [0.2, 0.25) is 5.15 Å². The predicted molar refractivity (Wildman–Crippen MR) is 99.6 cm³/mol. The van der Waals surface area contributed by atoms with Gasteiger partial charge in [-0.3, -0.25) is 14.2 Å². The number of nitrogens with two attached hydrogens (primary N) is 1. The van der Waals surface area contributed by atoms with E-state index < -0.39 is 0 Å². The first-order valence-electron chi connectivity index (χ1n) is 8.04. The minimum absolute atomic E-state index is 0.227. The molecule has 0 saturated heterocycles. The Bertz CT molecular complexity index is 762. The van der Waals surface area contributed by atoms with E-state index in [0.29, 0.717) is 28.2 Å². The van der Waals surface area contributed by atoms with E-state index in [4.69, 9.17) is 17.3 Å². The number of aliphatic imine (C=N–C) groups is 1. The number of hydrogen-bond acceptors (Lipinski definition) is 5. The quantitative estimate of drug-likeness (QED) is 0.429. The van der Waals surface area contributed by atoms with Gasteiger partial charge in [-0.15, -0.1) is 0 Å². The molecule has 128 valence electrons. The second-order valence-corrected chi connectivity index (χ2v) is 7.17. The molecule has 0 atom stereocenters. The number of hydrogen-bond donors (Lipinski definition) is 3. The minimum Gasteiger partial charge on any atom is -0.383 e. The molecular formula is C16H20ClN5OS. The lowest BCUT2D eigenvalue weighted by molar-refractivity contribution is 0.367. The zero-order chi connectivity index (χ0) is 16.9. The maximum Gasteiger partial charge on any atom is 0.271 e. The van der Waals surface area contributed by atoms with Crippen molar-refractivity contribution in [2.75, 3.05) is 11.9 Å². The second-order valence-electron chi connectivity index (χ2n) is 5.96. The maximum atomic E-state index is 12.1. The Labute approximate surface area is 149 Å². The van der Waals surface area contributed by atoms with E-state index in [1.54, 1.807) is 18.3 Å². The Hall–Kier alpha value is -1.86. The van der Waals surface area contributed by atoms with Gasteiger partial charge in [0, 0.05) is 6.54 Å². The molecule has 1 saturated carbocycles. The van der Waals surface area contributed by atoms with Gasteiger partial charge in [0.1, 0.15) is 21.6 Å². The van der Waals surface area contributed by atoms with Crippen LogP contribution in [0.15, 0.2) is 28.1 Å². The molecule has 1 aliphatic carbocycles. The van der Waals surface area contributed by atoms with Crippen molar-refractivity contribution in [2.24, 2.45) is 16.6 Å². The summed E-state index contributed by atoms with van der Waals surface area (Å²) in [6, 6.07) is 3.47. The third kappa shape index (κ3) is 4.15. The van der Waals surface area contributed by atoms with E-state index >= 15 is 0 Å². The average molecular weight is 366 g/mol. The van der Waals surface area contributed by atoms with E-state index in [9.17, 15) is 4.79 Å². The van der Waals surface area contributed by atoms with Crippen LogP contribution < -0.4 is 16.6 Å². The highest BCUT2D eigenvalue weighted by Gasteiger charge is 2.17. The molecule has 0 radical (unpaired) electrons. The summed E-state index contributed by atoms with van der Waals surface area (Å²) >= 11 is 6.98. The molecule has 24 heavy (non-hydrogen) atoms. The molecule has 0 amide bonds. The maximum absolute atomic E-state index is 12.1. The summed E-state index contributed by atoms with van der Waals surface area (Å²) in [5.41, 5.74) is 7.00. The fraction of sp³-hybridized carbons (Fsp3) is 0.438. The number of aromatic amines is 1. The van der Waals surface area contributed by atoms with Gasteiger partial charge in [0.05, 0.1) is 11.9 Å². The fourth-order valence-corrected chi connectivity index (χ4v) is 3.76. The standard InChI is InChI=1S/C16H20ClN5OS/c17-12-7-6-11(9-19-12)21-16-13(15(23)22-24-16)14(18)20-8-10-4-2-1-3-5-10/h6-7,9-10,21H,1-5,8H2,(H2,18,20)(H,22,23). The molecule has 2 aromatic heterocycles. The average Bonchev–Trinajstić information content (AvgIpc) is 2.96. The number of amidine groups is 1. The van der Waals surface area contributed by atoms with Crippen LogP contribution in [0.5, 0.6) is 0 Å². The number of rotatable bonds is 5. The minimum atomic E-state index is -0.227. The highest BCUT2D eigenvalue weighted by Crippen LogP contribution is 2.25. The normalized spacial score (nSPS) is 16.3. The highest BCUT2D eigenvalue weighted by atomic mass is 35.5. The van der Waals surface area contributed by atoms with E-state index in [1.807, 2.05) is 0 Å². The number of halogens is 1. The van der Waals surface area contributed by atoms with Crippen molar-refractivity contribution in [2.45, 2.75) is 32.1 Å². The number of H-pyrrole nitrogens is 1. The van der Waals surface area contributed by atoms with Crippen molar-refractivity contribution in [3.05, 3.63) is 39.4 Å². The molecule has 6 nitrogen and oxygen atoms in total. The molecule has 4 N–H and O–H groups in total. The van der Waals surface area contributed by atoms with Crippen molar-refractivity contribution in [1.82, 2.24) is 9.36 Å². The summed E-state index contributed by atoms with van der Waals surface area (Å²) in [6.45, 7) is 0.684. The lowest BCUT2D eigenvalue weighted by Crippen LogP contribution is -2.23. The van der Waals surface area contributed by atoms with Crippen molar-refractivity contribution >= 4 is 39.7 Å². The first-order valence-corrected chi connectivity index (χ1v) is 9.23. The van der Waals surface area contributed by atoms with Crippen LogP contribution in [-0.2, 0) is 0 Å². The Morgan fingerprint density at radius 3 is 2.92 bits per heavy atom. The van der Waals surface area contributed by atoms with Crippen LogP contribution in [0.1, 0.15) is 37.7 Å². The molecule has 0 aliphatic heterocycles. The topological polar surface area (TPSA) is 96.2 Å². The van der Waals surface area contributed by atoms with Gasteiger partial charge in [-0.1, -0.05) is 30.9 Å². The van der Waals surface area contributed by atoms with E-state index in [2.05, 4.69) is 19.7 Å². The Morgan fingerprint density at radius 2 is 2.21 bits per heavy atom. The smallest absolute Gasteiger partial charge is 0.271 e. The van der Waals surface area contributed by atoms with Crippen LogP contribution in [-0.4, -0.2) is 21.7 Å². The number of nitrogens with one attached hydrogen (secondary N) is 2. The summed E-state index contributed by atoms with van der Waals surface area (Å²) in [6.07, 6.45) is 7.82. The van der Waals surface area contributed by atoms with Gasteiger partial charge in [0.2, 0.25) is 0 Å². The first-order chi connectivity index (χ1) is 11.6. The fourth-order valence-electron chi connectivity index (χ4n) is 2.88. The van der Waals surface area contributed by atoms with Gasteiger partial charge >= 0.3 is 0 Å². The Morgan fingerprint density at radius 1 is 1.42 bits per heavy atom. The third-order valence-electron chi connectivity index (χ3n) is 4.19. The first kappa shape index (κ1) is 17.0. The van der Waals surface area contributed by atoms with Crippen LogP contribution in [0.3, 0.4) is 0 Å². The van der Waals surface area contributed by atoms with Gasteiger partial charge in [0.15, 0.2) is 0 Å². The summed E-state index contributed by atoms with van der Waals surface area (Å²) in [5.74, 6) is 0.861. The summed E-state index contributed by atoms with van der Waals surface area (Å²) in [4.78, 5) is 20.6. The SMILES string of the molecule is NC(=NCC1CCCCC1)c1c(Nc2ccc(Cl)nc2)s[nH]c1=O. The predicted octanol–water partition coefficient (Wildman–Crippen LogP) is 3.51. The van der Waals surface area contributed by atoms with Crippen molar-refractivity contribution < 1.29 is 0 Å². The van der Waals surface area contributed by atoms with Gasteiger partial charge in [-0.2, -0.15) is 0 Å². The molecule has 3 rings (SSSR count). The van der Waals surface area contributed by atoms with Gasteiger partial charge in [-0.05, 0) is 42.4 Å². The molecule has 0 aromatic carbocycles. The van der Waals surface area contributed by atoms with E-state index in [-0.39, 0.29) is 11.4 Å². The third-order valence-corrected chi connectivity index (χ3v) is 5.21. The molecule has 2 heterocycles. The lowest BCUT2D eigenvalue weighted by Gasteiger charge is -2.19. The van der Waals surface area contributed by atoms with Crippen LogP contribution >= 0.6 is 23.1 Å². The number of pyridine rings is 1. The number of aromatic nitrogens is 2. The Balaban J connectivity index is 1.75. The molecule has 1 aliphatic rings. The monoisotopic (exact) mass is 365 g/mol. The number of anilines is 2. The largest absolute Gasteiger partial charge is 0.383 e. The molecule has 1 fully saturated rings. The van der Waals surface area contributed by atoms with Gasteiger partial charge < -0.3 is 11.1 Å². The summed E-state index contributed by atoms with van der Waals surface area (Å²) in [5, 5.41) is 4.19. The van der Waals surface area contributed by atoms with Crippen molar-refractivity contribution in [3.8, 4) is 0 Å². The lowest BCUT2D eigenvalue weighted by atomic mass is 9.89. The van der Waals surface area contributed by atoms with Crippen molar-refractivity contribution in [3.63, 3.8) is 0 Å². The molecule has 2 aromatic rings. The zero-order valence-corrected chi connectivity index (χ0v) is 14.8. The zero-order valence-electron chi connectivity index (χ0n) is 13.2. The molecule has 8 heteroatoms. The van der Waals surface area contributed by atoms with E-state index in [1.165, 1.54) is 43.6 Å². The van der Waals surface area contributed by atoms with Crippen LogP contribution in [0.25, 0.3) is 0 Å².